The largest absolute Gasteiger partial charge is 0.403 e. The molecule has 0 spiro atoms. The van der Waals surface area contributed by atoms with Gasteiger partial charge in [-0.1, -0.05) is 13.8 Å². The fourth-order valence-corrected chi connectivity index (χ4v) is 8.45. The molecule has 4 aliphatic carbocycles. The van der Waals surface area contributed by atoms with Gasteiger partial charge in [0.2, 0.25) is 0 Å². The van der Waals surface area contributed by atoms with Crippen LogP contribution in [0.5, 0.6) is 0 Å². The second-order valence-corrected chi connectivity index (χ2v) is 11.0. The molecule has 170 valence electrons. The Balaban J connectivity index is 1.47. The Bertz CT molecular complexity index is 652. The Morgan fingerprint density at radius 3 is 2.67 bits per heavy atom. The third-order valence-electron chi connectivity index (χ3n) is 9.72. The van der Waals surface area contributed by atoms with Gasteiger partial charge in [0.1, 0.15) is 0 Å². The SMILES string of the molecule is CCOC1CC2C(CCC3C2CCC2(C)C(C(=O)CN(N)/C=C\N)CCC32)CC1C. The van der Waals surface area contributed by atoms with E-state index in [4.69, 9.17) is 16.3 Å². The molecule has 4 rings (SSSR count). The summed E-state index contributed by atoms with van der Waals surface area (Å²) in [6.07, 6.45) is 13.6. The Kier molecular flexibility index (Phi) is 6.51. The first-order chi connectivity index (χ1) is 14.4. The van der Waals surface area contributed by atoms with Crippen LogP contribution < -0.4 is 11.6 Å². The molecule has 4 saturated carbocycles. The lowest BCUT2D eigenvalue weighted by atomic mass is 9.49. The highest BCUT2D eigenvalue weighted by molar-refractivity contribution is 5.84. The van der Waals surface area contributed by atoms with E-state index in [2.05, 4.69) is 20.8 Å². The summed E-state index contributed by atoms with van der Waals surface area (Å²) < 4.78 is 6.16. The Labute approximate surface area is 182 Å². The molecule has 5 heteroatoms. The van der Waals surface area contributed by atoms with Crippen LogP contribution in [0.2, 0.25) is 0 Å². The summed E-state index contributed by atoms with van der Waals surface area (Å²) in [5.74, 6) is 11.2. The first-order valence-electron chi connectivity index (χ1n) is 12.4. The average molecular weight is 418 g/mol. The normalized spacial score (nSPS) is 45.6. The van der Waals surface area contributed by atoms with Crippen LogP contribution in [0.3, 0.4) is 0 Å². The summed E-state index contributed by atoms with van der Waals surface area (Å²) in [5, 5.41) is 1.44. The number of rotatable bonds is 6. The van der Waals surface area contributed by atoms with E-state index in [1.807, 2.05) is 0 Å². The first kappa shape index (κ1) is 22.1. The fourth-order valence-electron chi connectivity index (χ4n) is 8.45. The monoisotopic (exact) mass is 417 g/mol. The molecule has 0 heterocycles. The predicted molar refractivity (Wildman–Crippen MR) is 120 cm³/mol. The quantitative estimate of drug-likeness (QED) is 0.503. The van der Waals surface area contributed by atoms with E-state index in [-0.39, 0.29) is 17.9 Å². The highest BCUT2D eigenvalue weighted by atomic mass is 16.5. The molecule has 4 aliphatic rings. The zero-order chi connectivity index (χ0) is 21.5. The predicted octanol–water partition coefficient (Wildman–Crippen LogP) is 4.08. The highest BCUT2D eigenvalue weighted by Gasteiger charge is 2.58. The second-order valence-electron chi connectivity index (χ2n) is 11.0. The molecule has 30 heavy (non-hydrogen) atoms. The van der Waals surface area contributed by atoms with Crippen molar-refractivity contribution in [2.45, 2.75) is 78.2 Å². The van der Waals surface area contributed by atoms with Crippen LogP contribution in [0.15, 0.2) is 12.4 Å². The van der Waals surface area contributed by atoms with Gasteiger partial charge < -0.3 is 15.5 Å². The lowest BCUT2D eigenvalue weighted by Crippen LogP contribution is -2.51. The number of nitrogens with zero attached hydrogens (tertiary/aromatic N) is 1. The molecular formula is C25H43N3O2. The molecule has 4 N–H and O–H groups in total. The topological polar surface area (TPSA) is 81.6 Å². The number of carbonyl (C=O) groups excluding carboxylic acids is 1. The van der Waals surface area contributed by atoms with Gasteiger partial charge in [-0.05, 0) is 99.2 Å². The van der Waals surface area contributed by atoms with E-state index in [0.717, 1.165) is 36.7 Å². The van der Waals surface area contributed by atoms with Crippen LogP contribution in [0.4, 0.5) is 0 Å². The molecule has 0 aliphatic heterocycles. The van der Waals surface area contributed by atoms with Crippen LogP contribution in [0.1, 0.15) is 72.1 Å². The molecule has 0 bridgehead atoms. The Hall–Kier alpha value is -1.07. The average Bonchev–Trinajstić information content (AvgIpc) is 3.06. The van der Waals surface area contributed by atoms with Crippen molar-refractivity contribution in [2.75, 3.05) is 13.2 Å². The molecular weight excluding hydrogens is 374 g/mol. The molecule has 9 unspecified atom stereocenters. The van der Waals surface area contributed by atoms with Gasteiger partial charge >= 0.3 is 0 Å². The van der Waals surface area contributed by atoms with Crippen molar-refractivity contribution in [1.29, 1.82) is 0 Å². The summed E-state index contributed by atoms with van der Waals surface area (Å²) >= 11 is 0. The van der Waals surface area contributed by atoms with E-state index < -0.39 is 0 Å². The number of fused-ring (bicyclic) bond motifs is 5. The Morgan fingerprint density at radius 1 is 1.13 bits per heavy atom. The van der Waals surface area contributed by atoms with Crippen molar-refractivity contribution in [3.05, 3.63) is 12.4 Å². The van der Waals surface area contributed by atoms with Gasteiger partial charge in [0.25, 0.3) is 0 Å². The molecule has 0 aromatic carbocycles. The summed E-state index contributed by atoms with van der Waals surface area (Å²) in [6.45, 7) is 8.06. The van der Waals surface area contributed by atoms with E-state index in [1.165, 1.54) is 56.2 Å². The molecule has 0 radical (unpaired) electrons. The second kappa shape index (κ2) is 8.82. The maximum absolute atomic E-state index is 13.1. The van der Waals surface area contributed by atoms with Crippen molar-refractivity contribution >= 4 is 5.78 Å². The van der Waals surface area contributed by atoms with Gasteiger partial charge in [-0.2, -0.15) is 0 Å². The van der Waals surface area contributed by atoms with Crippen molar-refractivity contribution < 1.29 is 9.53 Å². The maximum atomic E-state index is 13.1. The third kappa shape index (κ3) is 3.81. The third-order valence-corrected chi connectivity index (χ3v) is 9.72. The van der Waals surface area contributed by atoms with Crippen LogP contribution in [-0.2, 0) is 9.53 Å². The summed E-state index contributed by atoms with van der Waals surface area (Å²) in [4.78, 5) is 13.1. The van der Waals surface area contributed by atoms with Crippen molar-refractivity contribution in [1.82, 2.24) is 5.01 Å². The van der Waals surface area contributed by atoms with Crippen molar-refractivity contribution in [2.24, 2.45) is 58.4 Å². The number of hydrogen-bond acceptors (Lipinski definition) is 5. The number of hydrazine groups is 1. The number of nitrogens with two attached hydrogens (primary N) is 2. The zero-order valence-corrected chi connectivity index (χ0v) is 19.3. The van der Waals surface area contributed by atoms with E-state index >= 15 is 0 Å². The number of Topliss-reactive ketones (excluding diaryl/α,β-unsaturated/α-hetero) is 1. The zero-order valence-electron chi connectivity index (χ0n) is 19.3. The Morgan fingerprint density at radius 2 is 1.93 bits per heavy atom. The van der Waals surface area contributed by atoms with Crippen LogP contribution >= 0.6 is 0 Å². The molecule has 0 aromatic rings. The van der Waals surface area contributed by atoms with Gasteiger partial charge in [0.05, 0.1) is 12.6 Å². The summed E-state index contributed by atoms with van der Waals surface area (Å²) in [6, 6.07) is 0. The van der Waals surface area contributed by atoms with Crippen LogP contribution in [0.25, 0.3) is 0 Å². The lowest BCUT2D eigenvalue weighted by molar-refractivity contribution is -0.133. The standard InChI is InChI=1S/C25H43N3O2/c1-4-30-24-14-20-17(13-16(24)2)5-6-19-18(20)9-10-25(3)21(19)7-8-22(25)23(29)15-28(27)12-11-26/h11-12,16-22,24H,4-10,13-15,26-27H2,1-3H3/b12-11-. The summed E-state index contributed by atoms with van der Waals surface area (Å²) in [7, 11) is 0. The summed E-state index contributed by atoms with van der Waals surface area (Å²) in [5.41, 5.74) is 5.58. The number of carbonyl (C=O) groups is 1. The van der Waals surface area contributed by atoms with Crippen molar-refractivity contribution in [3.63, 3.8) is 0 Å². The molecule has 0 saturated heterocycles. The van der Waals surface area contributed by atoms with Gasteiger partial charge in [-0.3, -0.25) is 4.79 Å². The fraction of sp³-hybridized carbons (Fsp3) is 0.880. The van der Waals surface area contributed by atoms with E-state index in [9.17, 15) is 4.79 Å². The van der Waals surface area contributed by atoms with Gasteiger partial charge in [-0.15, -0.1) is 0 Å². The highest BCUT2D eigenvalue weighted by Crippen LogP contribution is 2.64. The molecule has 0 amide bonds. The lowest BCUT2D eigenvalue weighted by Gasteiger charge is -2.57. The number of hydrogen-bond donors (Lipinski definition) is 2. The molecule has 9 atom stereocenters. The van der Waals surface area contributed by atoms with Crippen LogP contribution in [-0.4, -0.2) is 30.0 Å². The minimum atomic E-state index is 0.152. The van der Waals surface area contributed by atoms with Crippen molar-refractivity contribution in [3.8, 4) is 0 Å². The van der Waals surface area contributed by atoms with E-state index in [1.54, 1.807) is 6.20 Å². The van der Waals surface area contributed by atoms with Gasteiger partial charge in [-0.25, -0.2) is 5.84 Å². The first-order valence-corrected chi connectivity index (χ1v) is 12.4. The maximum Gasteiger partial charge on any atom is 0.157 e. The molecule has 5 nitrogen and oxygen atoms in total. The van der Waals surface area contributed by atoms with Gasteiger partial charge in [0, 0.05) is 24.9 Å². The number of ether oxygens (including phenoxy) is 1. The van der Waals surface area contributed by atoms with E-state index in [0.29, 0.717) is 23.7 Å². The minimum Gasteiger partial charge on any atom is -0.403 e. The van der Waals surface area contributed by atoms with Gasteiger partial charge in [0.15, 0.2) is 5.78 Å². The number of ketones is 1. The molecule has 4 fully saturated rings. The smallest absolute Gasteiger partial charge is 0.157 e. The molecule has 0 aromatic heterocycles. The van der Waals surface area contributed by atoms with Crippen LogP contribution in [0, 0.1) is 46.8 Å². The minimum absolute atomic E-state index is 0.152.